The van der Waals surface area contributed by atoms with Gasteiger partial charge in [0.05, 0.1) is 28.0 Å². The zero-order chi connectivity index (χ0) is 24.9. The lowest BCUT2D eigenvalue weighted by Gasteiger charge is -2.48. The highest BCUT2D eigenvalue weighted by atomic mass is 127. The average molecular weight is 614 g/mol. The van der Waals surface area contributed by atoms with Gasteiger partial charge in [-0.3, -0.25) is 0 Å². The van der Waals surface area contributed by atoms with Gasteiger partial charge in [-0.1, -0.05) is 46.4 Å². The Morgan fingerprint density at radius 3 is 2.50 bits per heavy atom. The number of ether oxygens (including phenoxy) is 3. The van der Waals surface area contributed by atoms with Gasteiger partial charge in [-0.25, -0.2) is 0 Å². The van der Waals surface area contributed by atoms with E-state index in [1.54, 1.807) is 12.1 Å². The van der Waals surface area contributed by atoms with Crippen molar-refractivity contribution in [2.24, 2.45) is 0 Å². The first-order valence-electron chi connectivity index (χ1n) is 10.7. The van der Waals surface area contributed by atoms with Crippen molar-refractivity contribution < 1.29 is 42.7 Å². The largest absolute Gasteiger partial charge is 0.573 e. The fourth-order valence-corrected chi connectivity index (χ4v) is 8.07. The number of halogens is 4. The molecule has 4 rings (SSSR count). The number of hydrogen-bond donors (Lipinski definition) is 3. The minimum atomic E-state index is -4.74. The minimum Gasteiger partial charge on any atom is -0.406 e. The van der Waals surface area contributed by atoms with Gasteiger partial charge >= 0.3 is 6.36 Å². The van der Waals surface area contributed by atoms with E-state index in [1.807, 2.05) is 13.0 Å². The normalized spacial score (nSPS) is 36.0. The first-order valence-corrected chi connectivity index (χ1v) is 12.6. The minimum absolute atomic E-state index is 0.256. The van der Waals surface area contributed by atoms with Crippen LogP contribution in [0.5, 0.6) is 5.75 Å². The quantitative estimate of drug-likeness (QED) is 0.346. The lowest BCUT2D eigenvalue weighted by Crippen LogP contribution is -2.61. The van der Waals surface area contributed by atoms with Crippen LogP contribution in [-0.4, -0.2) is 73.9 Å². The van der Waals surface area contributed by atoms with Gasteiger partial charge in [0, 0.05) is 7.11 Å². The van der Waals surface area contributed by atoms with Crippen molar-refractivity contribution in [3.8, 4) is 5.75 Å². The summed E-state index contributed by atoms with van der Waals surface area (Å²) in [5.41, 5.74) is 3.70. The Balaban J connectivity index is 1.64. The van der Waals surface area contributed by atoms with Gasteiger partial charge in [0.25, 0.3) is 0 Å². The Kier molecular flexibility index (Phi) is 7.38. The summed E-state index contributed by atoms with van der Waals surface area (Å²) in [6.45, 7) is 2.08. The maximum atomic E-state index is 12.4. The van der Waals surface area contributed by atoms with Crippen LogP contribution in [0.2, 0.25) is 0 Å². The highest BCUT2D eigenvalue weighted by molar-refractivity contribution is 14.1. The molecule has 2 fully saturated rings. The van der Waals surface area contributed by atoms with Crippen molar-refractivity contribution in [2.45, 2.75) is 58.0 Å². The summed E-state index contributed by atoms with van der Waals surface area (Å²) in [6.07, 6.45) is -4.91. The van der Waals surface area contributed by atoms with Crippen molar-refractivity contribution in [1.29, 1.82) is 0 Å². The molecule has 0 radical (unpaired) electrons. The molecule has 6 nitrogen and oxygen atoms in total. The summed E-state index contributed by atoms with van der Waals surface area (Å²) in [5, 5.41) is 31.3. The van der Waals surface area contributed by atoms with Crippen LogP contribution in [0.25, 0.3) is 0 Å². The Hall–Kier alpha value is -0.830. The first kappa shape index (κ1) is 26.2. The zero-order valence-electron chi connectivity index (χ0n) is 18.5. The summed E-state index contributed by atoms with van der Waals surface area (Å²) in [7, 11) is 1.43. The summed E-state index contributed by atoms with van der Waals surface area (Å²) in [6, 6.07) is 5.74. The third-order valence-electron chi connectivity index (χ3n) is 6.53. The van der Waals surface area contributed by atoms with Crippen molar-refractivity contribution in [3.63, 3.8) is 0 Å². The molecular formula is C23H26F3IO6S. The van der Waals surface area contributed by atoms with E-state index in [-0.39, 0.29) is 12.4 Å². The predicted octanol–water partition coefficient (Wildman–Crippen LogP) is 3.52. The summed E-state index contributed by atoms with van der Waals surface area (Å²) in [5.74, 6) is -0.281. The number of alkyl halides is 4. The zero-order valence-corrected chi connectivity index (χ0v) is 21.5. The Bertz CT molecular complexity index is 982. The molecule has 1 aromatic carbocycles. The summed E-state index contributed by atoms with van der Waals surface area (Å²) < 4.78 is 52.4. The van der Waals surface area contributed by atoms with E-state index in [0.717, 1.165) is 22.3 Å². The molecule has 2 saturated heterocycles. The number of fused-ring (bicyclic) bond motifs is 2. The van der Waals surface area contributed by atoms with Crippen LogP contribution in [0.1, 0.15) is 18.9 Å². The third-order valence-corrected chi connectivity index (χ3v) is 9.45. The number of aliphatic hydroxyl groups is 3. The first-order chi connectivity index (χ1) is 15.9. The van der Waals surface area contributed by atoms with Crippen LogP contribution < -0.4 is 4.74 Å². The molecule has 3 N–H and O–H groups in total. The monoisotopic (exact) mass is 614 g/mol. The van der Waals surface area contributed by atoms with E-state index in [2.05, 4.69) is 27.3 Å². The molecular weight excluding hydrogens is 588 g/mol. The van der Waals surface area contributed by atoms with E-state index in [0.29, 0.717) is 19.4 Å². The van der Waals surface area contributed by atoms with Gasteiger partial charge in [-0.05, 0) is 48.6 Å². The number of thioether (sulfide) groups is 1. The van der Waals surface area contributed by atoms with Gasteiger partial charge in [-0.2, -0.15) is 0 Å². The van der Waals surface area contributed by atoms with Crippen LogP contribution in [-0.2, 0) is 15.9 Å². The predicted molar refractivity (Wildman–Crippen MR) is 129 cm³/mol. The number of hydrogen-bond acceptors (Lipinski definition) is 7. The van der Waals surface area contributed by atoms with Crippen LogP contribution >= 0.6 is 34.4 Å². The Labute approximate surface area is 213 Å². The molecule has 6 atom stereocenters. The lowest BCUT2D eigenvalue weighted by molar-refractivity contribution is -0.274. The van der Waals surface area contributed by atoms with Gasteiger partial charge in [0.15, 0.2) is 4.93 Å². The topological polar surface area (TPSA) is 88.4 Å². The van der Waals surface area contributed by atoms with E-state index < -0.39 is 38.3 Å². The number of rotatable bonds is 5. The van der Waals surface area contributed by atoms with E-state index in [1.165, 1.54) is 31.0 Å². The molecule has 11 heteroatoms. The van der Waals surface area contributed by atoms with E-state index in [9.17, 15) is 28.5 Å². The molecule has 188 valence electrons. The van der Waals surface area contributed by atoms with Gasteiger partial charge < -0.3 is 29.5 Å². The van der Waals surface area contributed by atoms with Gasteiger partial charge in [0.2, 0.25) is 0 Å². The van der Waals surface area contributed by atoms with Crippen LogP contribution in [0, 0.1) is 0 Å². The highest BCUT2D eigenvalue weighted by Gasteiger charge is 2.64. The second-order valence-electron chi connectivity index (χ2n) is 8.80. The van der Waals surface area contributed by atoms with Crippen LogP contribution in [0.4, 0.5) is 13.2 Å². The number of benzene rings is 1. The van der Waals surface area contributed by atoms with Crippen molar-refractivity contribution >= 4 is 34.4 Å². The molecule has 2 aliphatic heterocycles. The number of aliphatic hydroxyl groups excluding tert-OH is 3. The molecule has 1 aromatic rings. The van der Waals surface area contributed by atoms with Crippen molar-refractivity contribution in [2.75, 3.05) is 20.3 Å². The average Bonchev–Trinajstić information content (AvgIpc) is 3.04. The highest BCUT2D eigenvalue weighted by Crippen LogP contribution is 2.60. The van der Waals surface area contributed by atoms with E-state index in [4.69, 9.17) is 9.47 Å². The molecule has 3 unspecified atom stereocenters. The second-order valence-corrected chi connectivity index (χ2v) is 12.3. The lowest BCUT2D eigenvalue weighted by atomic mass is 9.79. The Morgan fingerprint density at radius 2 is 1.91 bits per heavy atom. The molecule has 0 aromatic heterocycles. The maximum Gasteiger partial charge on any atom is 0.573 e. The molecule has 3 aliphatic rings. The van der Waals surface area contributed by atoms with Gasteiger partial charge in [0.1, 0.15) is 18.0 Å². The van der Waals surface area contributed by atoms with E-state index >= 15 is 0 Å². The molecule has 1 aliphatic carbocycles. The molecule has 34 heavy (non-hydrogen) atoms. The third kappa shape index (κ3) is 4.76. The number of allylic oxidation sites excluding steroid dienone is 3. The smallest absolute Gasteiger partial charge is 0.406 e. The Morgan fingerprint density at radius 1 is 1.24 bits per heavy atom. The fourth-order valence-electron chi connectivity index (χ4n) is 4.89. The second kappa shape index (κ2) is 9.56. The number of methoxy groups -OCH3 is 1. The van der Waals surface area contributed by atoms with Crippen LogP contribution in [0.3, 0.4) is 0 Å². The standard InChI is InChI=1S/C23H26F3IO6S/c1-12-9-21(27)11-32-22(20(30)18(29)19(31-2)16(10-28)34-22)17(21)8-14(12)7-13-3-5-15(6-4-13)33-23(24,25)26/h3-6,8,16,18-20,28-30H,7,9-11H2,1-2H3/t16?,18?,19-,20-,21?,22+/m1/s1. The SMILES string of the molecule is CO[C@@H]1C(CO)S[C@]2(OCC3(I)CC(C)=C(Cc4ccc(OC(F)(F)F)cc4)C=C32)[C@H](O)C1O. The molecule has 1 spiro atoms. The maximum absolute atomic E-state index is 12.4. The van der Waals surface area contributed by atoms with Crippen LogP contribution in [0.15, 0.2) is 47.1 Å². The molecule has 0 amide bonds. The fraction of sp³-hybridized carbons (Fsp3) is 0.565. The van der Waals surface area contributed by atoms with Gasteiger partial charge in [-0.15, -0.1) is 24.9 Å². The van der Waals surface area contributed by atoms with Crippen molar-refractivity contribution in [3.05, 3.63) is 52.6 Å². The van der Waals surface area contributed by atoms with Crippen molar-refractivity contribution in [1.82, 2.24) is 0 Å². The summed E-state index contributed by atoms with van der Waals surface area (Å²) in [4.78, 5) is -1.24. The molecule has 0 bridgehead atoms. The molecule has 0 saturated carbocycles. The summed E-state index contributed by atoms with van der Waals surface area (Å²) >= 11 is 3.59. The molecule has 2 heterocycles.